The molecule has 2 aromatic heterocycles. The van der Waals surface area contributed by atoms with Crippen molar-refractivity contribution in [3.05, 3.63) is 64.1 Å². The Bertz CT molecular complexity index is 767. The molecule has 0 aliphatic carbocycles. The first-order valence-corrected chi connectivity index (χ1v) is 7.59. The molecule has 0 spiro atoms. The Labute approximate surface area is 131 Å². The Hall–Kier alpha value is -2.54. The number of aromatic nitrogens is 4. The number of rotatable bonds is 5. The van der Waals surface area contributed by atoms with Crippen LogP contribution in [0.1, 0.15) is 26.6 Å². The molecular weight excluding hydrogens is 300 g/mol. The zero-order valence-corrected chi connectivity index (χ0v) is 12.8. The van der Waals surface area contributed by atoms with Crippen LogP contribution in [-0.4, -0.2) is 25.7 Å². The van der Waals surface area contributed by atoms with Gasteiger partial charge in [0.1, 0.15) is 24.3 Å². The van der Waals surface area contributed by atoms with Gasteiger partial charge in [-0.1, -0.05) is 18.2 Å². The van der Waals surface area contributed by atoms with Crippen LogP contribution in [0, 0.1) is 6.92 Å². The maximum Gasteiger partial charge on any atom is 0.338 e. The van der Waals surface area contributed by atoms with Crippen LogP contribution in [-0.2, 0) is 17.9 Å². The molecule has 7 heteroatoms. The summed E-state index contributed by atoms with van der Waals surface area (Å²) in [5.41, 5.74) is 2.31. The Morgan fingerprint density at radius 2 is 2.23 bits per heavy atom. The van der Waals surface area contributed by atoms with Crippen LogP contribution in [0.2, 0.25) is 0 Å². The fourth-order valence-corrected chi connectivity index (χ4v) is 2.70. The largest absolute Gasteiger partial charge is 0.455 e. The molecular formula is C15H14N4O2S. The molecule has 0 atom stereocenters. The molecule has 3 aromatic rings. The second-order valence-corrected chi connectivity index (χ2v) is 5.65. The molecule has 0 aliphatic rings. The topological polar surface area (TPSA) is 69.9 Å². The van der Waals surface area contributed by atoms with E-state index in [1.54, 1.807) is 17.1 Å². The molecule has 2 heterocycles. The van der Waals surface area contributed by atoms with Gasteiger partial charge in [-0.2, -0.15) is 5.10 Å². The first kappa shape index (κ1) is 14.4. The molecule has 0 aliphatic heterocycles. The zero-order valence-electron chi connectivity index (χ0n) is 12.0. The molecule has 0 fully saturated rings. The van der Waals surface area contributed by atoms with Gasteiger partial charge in [0, 0.05) is 11.1 Å². The monoisotopic (exact) mass is 314 g/mol. The number of ether oxygens (including phenoxy) is 1. The summed E-state index contributed by atoms with van der Waals surface area (Å²) in [5, 5.41) is 6.78. The van der Waals surface area contributed by atoms with Crippen LogP contribution in [0.15, 0.2) is 42.3 Å². The van der Waals surface area contributed by atoms with Crippen LogP contribution in [0.3, 0.4) is 0 Å². The lowest BCUT2D eigenvalue weighted by Crippen LogP contribution is -2.11. The molecule has 0 radical (unpaired) electrons. The lowest BCUT2D eigenvalue weighted by molar-refractivity contribution is 0.0471. The molecule has 0 saturated carbocycles. The van der Waals surface area contributed by atoms with E-state index in [0.717, 1.165) is 16.3 Å². The van der Waals surface area contributed by atoms with E-state index in [1.807, 2.05) is 30.5 Å². The number of carbonyl (C=O) groups excluding carboxylic acids is 1. The summed E-state index contributed by atoms with van der Waals surface area (Å²) in [5.74, 6) is -0.358. The van der Waals surface area contributed by atoms with E-state index in [2.05, 4.69) is 15.1 Å². The van der Waals surface area contributed by atoms with Gasteiger partial charge in [-0.25, -0.2) is 19.4 Å². The third-order valence-corrected chi connectivity index (χ3v) is 3.97. The van der Waals surface area contributed by atoms with Crippen molar-refractivity contribution in [1.82, 2.24) is 19.7 Å². The van der Waals surface area contributed by atoms with Crippen molar-refractivity contribution >= 4 is 17.3 Å². The van der Waals surface area contributed by atoms with Gasteiger partial charge < -0.3 is 4.74 Å². The van der Waals surface area contributed by atoms with Crippen molar-refractivity contribution in [1.29, 1.82) is 0 Å². The number of carbonyl (C=O) groups is 1. The maximum atomic E-state index is 12.3. The molecule has 0 bridgehead atoms. The van der Waals surface area contributed by atoms with Gasteiger partial charge in [0.05, 0.1) is 12.1 Å². The quantitative estimate of drug-likeness (QED) is 0.677. The van der Waals surface area contributed by atoms with E-state index in [-0.39, 0.29) is 12.6 Å². The van der Waals surface area contributed by atoms with Crippen molar-refractivity contribution in [3.63, 3.8) is 0 Å². The number of hydrogen-bond acceptors (Lipinski definition) is 6. The summed E-state index contributed by atoms with van der Waals surface area (Å²) in [6.45, 7) is 2.58. The van der Waals surface area contributed by atoms with Crippen LogP contribution >= 0.6 is 11.3 Å². The maximum absolute atomic E-state index is 12.3. The van der Waals surface area contributed by atoms with E-state index in [0.29, 0.717) is 12.1 Å². The van der Waals surface area contributed by atoms with Crippen LogP contribution in [0.4, 0.5) is 0 Å². The highest BCUT2D eigenvalue weighted by Gasteiger charge is 2.13. The smallest absolute Gasteiger partial charge is 0.338 e. The van der Waals surface area contributed by atoms with Crippen molar-refractivity contribution in [3.8, 4) is 0 Å². The number of benzene rings is 1. The van der Waals surface area contributed by atoms with Gasteiger partial charge >= 0.3 is 5.97 Å². The summed E-state index contributed by atoms with van der Waals surface area (Å²) in [7, 11) is 0. The molecule has 112 valence electrons. The minimum atomic E-state index is -0.358. The van der Waals surface area contributed by atoms with Crippen molar-refractivity contribution in [2.45, 2.75) is 20.1 Å². The summed E-state index contributed by atoms with van der Waals surface area (Å²) in [6, 6.07) is 7.33. The number of hydrogen-bond donors (Lipinski definition) is 0. The van der Waals surface area contributed by atoms with Gasteiger partial charge in [0.2, 0.25) is 0 Å². The summed E-state index contributed by atoms with van der Waals surface area (Å²) in [4.78, 5) is 20.5. The average molecular weight is 314 g/mol. The van der Waals surface area contributed by atoms with Gasteiger partial charge in [0.25, 0.3) is 0 Å². The third-order valence-electron chi connectivity index (χ3n) is 3.03. The van der Waals surface area contributed by atoms with E-state index in [4.69, 9.17) is 4.74 Å². The standard InChI is InChI=1S/C15H14N4O2S/c1-11-8-22-14(18-11)7-21-15(20)13-5-3-2-4-12(13)6-19-10-16-9-17-19/h2-5,8-10H,6-7H2,1H3. The third kappa shape index (κ3) is 3.37. The lowest BCUT2D eigenvalue weighted by atomic mass is 10.1. The van der Waals surface area contributed by atoms with Crippen LogP contribution in [0.25, 0.3) is 0 Å². The predicted molar refractivity (Wildman–Crippen MR) is 81.5 cm³/mol. The molecule has 1 aromatic carbocycles. The number of esters is 1. The first-order chi connectivity index (χ1) is 10.7. The highest BCUT2D eigenvalue weighted by atomic mass is 32.1. The van der Waals surface area contributed by atoms with E-state index < -0.39 is 0 Å². The molecule has 3 rings (SSSR count). The number of nitrogens with zero attached hydrogens (tertiary/aromatic N) is 4. The highest BCUT2D eigenvalue weighted by Crippen LogP contribution is 2.14. The molecule has 0 amide bonds. The predicted octanol–water partition coefficient (Wildman–Crippen LogP) is 2.45. The Balaban J connectivity index is 1.71. The Morgan fingerprint density at radius 1 is 1.36 bits per heavy atom. The summed E-state index contributed by atoms with van der Waals surface area (Å²) < 4.78 is 7.01. The molecule has 0 unspecified atom stereocenters. The molecule has 0 saturated heterocycles. The SMILES string of the molecule is Cc1csc(COC(=O)c2ccccc2Cn2cncn2)n1. The summed E-state index contributed by atoms with van der Waals surface area (Å²) in [6.07, 6.45) is 3.08. The number of aryl methyl sites for hydroxylation is 1. The number of thiazole rings is 1. The molecule has 22 heavy (non-hydrogen) atoms. The minimum absolute atomic E-state index is 0.189. The normalized spacial score (nSPS) is 10.6. The van der Waals surface area contributed by atoms with E-state index in [1.165, 1.54) is 17.7 Å². The van der Waals surface area contributed by atoms with Crippen molar-refractivity contribution in [2.75, 3.05) is 0 Å². The second kappa shape index (κ2) is 6.48. The Kier molecular flexibility index (Phi) is 4.24. The molecule has 6 nitrogen and oxygen atoms in total. The summed E-state index contributed by atoms with van der Waals surface area (Å²) >= 11 is 1.48. The van der Waals surface area contributed by atoms with Crippen LogP contribution < -0.4 is 0 Å². The van der Waals surface area contributed by atoms with Gasteiger partial charge in [0.15, 0.2) is 0 Å². The van der Waals surface area contributed by atoms with Gasteiger partial charge in [-0.3, -0.25) is 0 Å². The Morgan fingerprint density at radius 3 is 2.95 bits per heavy atom. The zero-order chi connectivity index (χ0) is 15.4. The van der Waals surface area contributed by atoms with Crippen LogP contribution in [0.5, 0.6) is 0 Å². The van der Waals surface area contributed by atoms with E-state index >= 15 is 0 Å². The van der Waals surface area contributed by atoms with E-state index in [9.17, 15) is 4.79 Å². The fourth-order valence-electron chi connectivity index (χ4n) is 2.02. The van der Waals surface area contributed by atoms with Gasteiger partial charge in [-0.05, 0) is 18.6 Å². The second-order valence-electron chi connectivity index (χ2n) is 4.71. The lowest BCUT2D eigenvalue weighted by Gasteiger charge is -2.08. The first-order valence-electron chi connectivity index (χ1n) is 6.71. The van der Waals surface area contributed by atoms with Gasteiger partial charge in [-0.15, -0.1) is 11.3 Å². The highest BCUT2D eigenvalue weighted by molar-refractivity contribution is 7.09. The average Bonchev–Trinajstić information content (AvgIpc) is 3.17. The van der Waals surface area contributed by atoms with Crippen molar-refractivity contribution in [2.24, 2.45) is 0 Å². The van der Waals surface area contributed by atoms with Crippen molar-refractivity contribution < 1.29 is 9.53 Å². The fraction of sp³-hybridized carbons (Fsp3) is 0.200. The minimum Gasteiger partial charge on any atom is -0.455 e. The molecule has 0 N–H and O–H groups in total.